The predicted octanol–water partition coefficient (Wildman–Crippen LogP) is 2.96. The number of nitrogens with one attached hydrogen (secondary N) is 1. The van der Waals surface area contributed by atoms with E-state index in [1.807, 2.05) is 0 Å². The highest BCUT2D eigenvalue weighted by Gasteiger charge is 2.36. The number of ether oxygens (including phenoxy) is 2. The maximum Gasteiger partial charge on any atom is 0.341 e. The lowest BCUT2D eigenvalue weighted by Crippen LogP contribution is -2.36. The van der Waals surface area contributed by atoms with Gasteiger partial charge in [-0.25, -0.2) is 4.79 Å². The number of hydrogen-bond acceptors (Lipinski definition) is 9. The topological polar surface area (TPSA) is 132 Å². The number of rotatable bonds is 8. The third-order valence-electron chi connectivity index (χ3n) is 4.84. The summed E-state index contributed by atoms with van der Waals surface area (Å²) in [6, 6.07) is 9.54. The number of furan rings is 1. The minimum atomic E-state index is -0.933. The second kappa shape index (κ2) is 9.71. The molecular formula is C23H18N2O8S. The number of thiophene rings is 1. The highest BCUT2D eigenvalue weighted by atomic mass is 32.1. The van der Waals surface area contributed by atoms with Crippen LogP contribution in [0.2, 0.25) is 0 Å². The molecule has 0 aliphatic carbocycles. The van der Waals surface area contributed by atoms with Crippen LogP contribution in [0.3, 0.4) is 0 Å². The van der Waals surface area contributed by atoms with E-state index >= 15 is 0 Å². The highest BCUT2D eigenvalue weighted by Crippen LogP contribution is 2.36. The van der Waals surface area contributed by atoms with Crippen molar-refractivity contribution in [1.82, 2.24) is 4.90 Å². The van der Waals surface area contributed by atoms with E-state index in [1.165, 1.54) is 18.4 Å². The lowest BCUT2D eigenvalue weighted by molar-refractivity contribution is -0.147. The van der Waals surface area contributed by atoms with Gasteiger partial charge in [0.15, 0.2) is 6.61 Å². The molecular weight excluding hydrogens is 464 g/mol. The van der Waals surface area contributed by atoms with E-state index in [1.54, 1.807) is 36.6 Å². The molecule has 0 bridgehead atoms. The molecule has 3 heterocycles. The van der Waals surface area contributed by atoms with Crippen LogP contribution in [0, 0.1) is 0 Å². The number of fused-ring (bicyclic) bond motifs is 1. The van der Waals surface area contributed by atoms with E-state index in [2.05, 4.69) is 5.32 Å². The molecule has 0 spiro atoms. The van der Waals surface area contributed by atoms with Gasteiger partial charge in [0.2, 0.25) is 0 Å². The van der Waals surface area contributed by atoms with Gasteiger partial charge in [0, 0.05) is 10.9 Å². The van der Waals surface area contributed by atoms with Crippen molar-refractivity contribution in [1.29, 1.82) is 0 Å². The zero-order valence-electron chi connectivity index (χ0n) is 17.9. The van der Waals surface area contributed by atoms with E-state index in [0.717, 1.165) is 16.2 Å². The molecule has 0 unspecified atom stereocenters. The normalized spacial score (nSPS) is 12.4. The first-order chi connectivity index (χ1) is 16.4. The van der Waals surface area contributed by atoms with Crippen LogP contribution in [0.25, 0.3) is 11.3 Å². The van der Waals surface area contributed by atoms with Gasteiger partial charge in [-0.3, -0.25) is 24.1 Å². The van der Waals surface area contributed by atoms with Crippen LogP contribution in [0.15, 0.2) is 52.5 Å². The molecule has 3 aromatic rings. The monoisotopic (exact) mass is 482 g/mol. The summed E-state index contributed by atoms with van der Waals surface area (Å²) in [7, 11) is 0. The number of carbonyl (C=O) groups is 5. The maximum atomic E-state index is 12.5. The molecule has 0 radical (unpaired) electrons. The summed E-state index contributed by atoms with van der Waals surface area (Å²) in [4.78, 5) is 62.5. The Bertz CT molecular complexity index is 1240. The van der Waals surface area contributed by atoms with Crippen LogP contribution in [-0.2, 0) is 19.1 Å². The number of nitrogens with zero attached hydrogens (tertiary/aromatic N) is 1. The summed E-state index contributed by atoms with van der Waals surface area (Å²) < 4.78 is 15.4. The number of carbonyl (C=O) groups excluding carboxylic acids is 5. The van der Waals surface area contributed by atoms with Gasteiger partial charge in [-0.1, -0.05) is 12.1 Å². The van der Waals surface area contributed by atoms with Crippen LogP contribution in [0.1, 0.15) is 38.0 Å². The molecule has 3 amide bonds. The number of benzene rings is 1. The second-order valence-electron chi connectivity index (χ2n) is 7.00. The molecule has 1 aromatic carbocycles. The molecule has 1 aliphatic heterocycles. The van der Waals surface area contributed by atoms with E-state index in [0.29, 0.717) is 11.3 Å². The molecule has 11 heteroatoms. The molecule has 0 saturated carbocycles. The fourth-order valence-electron chi connectivity index (χ4n) is 3.34. The van der Waals surface area contributed by atoms with Crippen molar-refractivity contribution in [2.45, 2.75) is 6.92 Å². The third-order valence-corrected chi connectivity index (χ3v) is 5.74. The van der Waals surface area contributed by atoms with Crippen molar-refractivity contribution >= 4 is 46.0 Å². The molecule has 174 valence electrons. The molecule has 0 fully saturated rings. The van der Waals surface area contributed by atoms with Crippen molar-refractivity contribution in [2.24, 2.45) is 0 Å². The molecule has 4 rings (SSSR count). The highest BCUT2D eigenvalue weighted by molar-refractivity contribution is 7.15. The first kappa shape index (κ1) is 22.9. The van der Waals surface area contributed by atoms with Crippen LogP contribution < -0.4 is 5.32 Å². The van der Waals surface area contributed by atoms with Crippen LogP contribution in [0.5, 0.6) is 0 Å². The summed E-state index contributed by atoms with van der Waals surface area (Å²) in [6.45, 7) is 0.478. The number of esters is 2. The minimum absolute atomic E-state index is 0.118. The van der Waals surface area contributed by atoms with Crippen molar-refractivity contribution < 1.29 is 37.9 Å². The van der Waals surface area contributed by atoms with Gasteiger partial charge >= 0.3 is 11.9 Å². The molecule has 1 N–H and O–H groups in total. The Hall–Kier alpha value is -4.25. The fraction of sp³-hybridized carbons (Fsp3) is 0.174. The summed E-state index contributed by atoms with van der Waals surface area (Å²) >= 11 is 1.08. The van der Waals surface area contributed by atoms with Crippen molar-refractivity contribution in [3.8, 4) is 11.3 Å². The SMILES string of the molecule is CCOC(=O)c1c(-c2ccco2)csc1NC(=O)COC(=O)CN1C(=O)c2ccccc2C1=O. The first-order valence-corrected chi connectivity index (χ1v) is 11.0. The summed E-state index contributed by atoms with van der Waals surface area (Å²) in [6.07, 6.45) is 1.45. The summed E-state index contributed by atoms with van der Waals surface area (Å²) in [5.41, 5.74) is 0.975. The molecule has 2 aromatic heterocycles. The standard InChI is InChI=1S/C23H18N2O8S/c1-2-31-23(30)19-15(16-8-5-9-32-16)12-34-20(19)24-17(26)11-33-18(27)10-25-21(28)13-6-3-4-7-14(13)22(25)29/h3-9,12H,2,10-11H2,1H3,(H,24,26). The average molecular weight is 482 g/mol. The van der Waals surface area contributed by atoms with Gasteiger partial charge in [0.05, 0.1) is 24.0 Å². The lowest BCUT2D eigenvalue weighted by atomic mass is 10.1. The van der Waals surface area contributed by atoms with Crippen LogP contribution >= 0.6 is 11.3 Å². The zero-order valence-corrected chi connectivity index (χ0v) is 18.7. The van der Waals surface area contributed by atoms with Crippen molar-refractivity contribution in [3.05, 3.63) is 64.7 Å². The first-order valence-electron chi connectivity index (χ1n) is 10.1. The number of amides is 3. The van der Waals surface area contributed by atoms with Gasteiger partial charge in [0.1, 0.15) is 22.9 Å². The Labute approximate surface area is 197 Å². The average Bonchev–Trinajstić information content (AvgIpc) is 3.54. The Morgan fingerprint density at radius 3 is 2.32 bits per heavy atom. The summed E-state index contributed by atoms with van der Waals surface area (Å²) in [5, 5.41) is 4.36. The predicted molar refractivity (Wildman–Crippen MR) is 119 cm³/mol. The van der Waals surface area contributed by atoms with E-state index in [-0.39, 0.29) is 28.3 Å². The molecule has 0 saturated heterocycles. The Morgan fingerprint density at radius 1 is 1.00 bits per heavy atom. The Balaban J connectivity index is 1.38. The zero-order chi connectivity index (χ0) is 24.2. The minimum Gasteiger partial charge on any atom is -0.464 e. The maximum absolute atomic E-state index is 12.5. The molecule has 1 aliphatic rings. The van der Waals surface area contributed by atoms with Crippen LogP contribution in [0.4, 0.5) is 5.00 Å². The molecule has 0 atom stereocenters. The van der Waals surface area contributed by atoms with Gasteiger partial charge < -0.3 is 19.2 Å². The van der Waals surface area contributed by atoms with Gasteiger partial charge in [0.25, 0.3) is 17.7 Å². The molecule has 34 heavy (non-hydrogen) atoms. The third kappa shape index (κ3) is 4.46. The summed E-state index contributed by atoms with van der Waals surface area (Å²) in [5.74, 6) is -3.08. The van der Waals surface area contributed by atoms with Gasteiger partial charge in [-0.05, 0) is 31.2 Å². The number of anilines is 1. The number of imide groups is 1. The van der Waals surface area contributed by atoms with E-state index in [4.69, 9.17) is 13.9 Å². The quantitative estimate of drug-likeness (QED) is 0.383. The molecule has 10 nitrogen and oxygen atoms in total. The fourth-order valence-corrected chi connectivity index (χ4v) is 4.29. The van der Waals surface area contributed by atoms with E-state index in [9.17, 15) is 24.0 Å². The van der Waals surface area contributed by atoms with Gasteiger partial charge in [-0.15, -0.1) is 11.3 Å². The van der Waals surface area contributed by atoms with Gasteiger partial charge in [-0.2, -0.15) is 0 Å². The van der Waals surface area contributed by atoms with Crippen molar-refractivity contribution in [2.75, 3.05) is 25.1 Å². The van der Waals surface area contributed by atoms with Crippen molar-refractivity contribution in [3.63, 3.8) is 0 Å². The largest absolute Gasteiger partial charge is 0.464 e. The number of hydrogen-bond donors (Lipinski definition) is 1. The Kier molecular flexibility index (Phi) is 6.55. The van der Waals surface area contributed by atoms with E-state index < -0.39 is 42.8 Å². The van der Waals surface area contributed by atoms with Crippen LogP contribution in [-0.4, -0.2) is 54.3 Å². The smallest absolute Gasteiger partial charge is 0.341 e. The second-order valence-corrected chi connectivity index (χ2v) is 7.88. The lowest BCUT2D eigenvalue weighted by Gasteiger charge is -2.13. The Morgan fingerprint density at radius 2 is 1.71 bits per heavy atom.